The Bertz CT molecular complexity index is 778. The van der Waals surface area contributed by atoms with Crippen LogP contribution >= 0.6 is 11.3 Å². The summed E-state index contributed by atoms with van der Waals surface area (Å²) in [4.78, 5) is 30.2. The second-order valence-electron chi connectivity index (χ2n) is 5.69. The summed E-state index contributed by atoms with van der Waals surface area (Å²) in [6.07, 6.45) is 1.85. The monoisotopic (exact) mass is 345 g/mol. The van der Waals surface area contributed by atoms with Crippen molar-refractivity contribution in [1.82, 2.24) is 9.88 Å². The highest BCUT2D eigenvalue weighted by atomic mass is 32.1. The molecule has 2 aromatic rings. The Morgan fingerprint density at radius 3 is 3.08 bits per heavy atom. The Hall–Kier alpha value is -2.61. The van der Waals surface area contributed by atoms with Crippen LogP contribution in [-0.2, 0) is 16.1 Å². The molecule has 2 amide bonds. The van der Waals surface area contributed by atoms with Crippen LogP contribution in [-0.4, -0.2) is 35.0 Å². The van der Waals surface area contributed by atoms with Crippen molar-refractivity contribution in [2.75, 3.05) is 18.7 Å². The summed E-state index contributed by atoms with van der Waals surface area (Å²) < 4.78 is 10.6. The number of anilines is 1. The van der Waals surface area contributed by atoms with Gasteiger partial charge in [0.25, 0.3) is 0 Å². The minimum atomic E-state index is -0.351. The zero-order valence-electron chi connectivity index (χ0n) is 12.7. The molecule has 7 nitrogen and oxygen atoms in total. The molecule has 0 spiro atoms. The first-order chi connectivity index (χ1) is 11.7. The number of thiazole rings is 1. The van der Waals surface area contributed by atoms with Crippen LogP contribution in [0.15, 0.2) is 29.8 Å². The molecule has 0 saturated carbocycles. The van der Waals surface area contributed by atoms with E-state index in [1.807, 2.05) is 18.2 Å². The van der Waals surface area contributed by atoms with Gasteiger partial charge in [-0.05, 0) is 17.7 Å². The van der Waals surface area contributed by atoms with Gasteiger partial charge in [-0.2, -0.15) is 0 Å². The molecule has 2 aliphatic heterocycles. The summed E-state index contributed by atoms with van der Waals surface area (Å²) in [5, 5.41) is 5.11. The van der Waals surface area contributed by atoms with E-state index in [9.17, 15) is 9.59 Å². The molecule has 1 atom stereocenters. The first kappa shape index (κ1) is 14.9. The maximum atomic E-state index is 12.2. The van der Waals surface area contributed by atoms with Gasteiger partial charge in [-0.15, -0.1) is 11.3 Å². The topological polar surface area (TPSA) is 80.8 Å². The van der Waals surface area contributed by atoms with Gasteiger partial charge in [0.15, 0.2) is 16.6 Å². The molecule has 24 heavy (non-hydrogen) atoms. The molecule has 8 heteroatoms. The molecule has 1 saturated heterocycles. The third-order valence-electron chi connectivity index (χ3n) is 4.06. The average molecular weight is 345 g/mol. The molecule has 0 bridgehead atoms. The van der Waals surface area contributed by atoms with Crippen LogP contribution in [0.2, 0.25) is 0 Å². The Labute approximate surface area is 142 Å². The Morgan fingerprint density at radius 1 is 1.38 bits per heavy atom. The van der Waals surface area contributed by atoms with E-state index in [2.05, 4.69) is 10.3 Å². The Balaban J connectivity index is 1.40. The number of benzene rings is 1. The van der Waals surface area contributed by atoms with Crippen LogP contribution in [0.4, 0.5) is 5.13 Å². The summed E-state index contributed by atoms with van der Waals surface area (Å²) in [5.74, 6) is 0.873. The van der Waals surface area contributed by atoms with E-state index in [0.717, 1.165) is 5.56 Å². The van der Waals surface area contributed by atoms with Crippen LogP contribution in [0.25, 0.3) is 0 Å². The molecular weight excluding hydrogens is 330 g/mol. The molecule has 124 valence electrons. The minimum absolute atomic E-state index is 0.0213. The number of ether oxygens (including phenoxy) is 2. The van der Waals surface area contributed by atoms with Gasteiger partial charge in [0.2, 0.25) is 18.6 Å². The highest BCUT2D eigenvalue weighted by molar-refractivity contribution is 7.13. The van der Waals surface area contributed by atoms with Crippen molar-refractivity contribution in [3.8, 4) is 11.5 Å². The van der Waals surface area contributed by atoms with Gasteiger partial charge < -0.3 is 19.7 Å². The van der Waals surface area contributed by atoms with Crippen molar-refractivity contribution < 1.29 is 19.1 Å². The first-order valence-electron chi connectivity index (χ1n) is 7.56. The standard InChI is InChI=1S/C16H15N3O4S/c20-14-6-11(15(21)18-16-17-3-4-24-16)8-19(14)7-10-1-2-12-13(5-10)23-9-22-12/h1-5,11H,6-9H2,(H,17,18,21). The first-order valence-corrected chi connectivity index (χ1v) is 8.43. The number of hydrogen-bond donors (Lipinski definition) is 1. The molecular formula is C16H15N3O4S. The van der Waals surface area contributed by atoms with Crippen molar-refractivity contribution >= 4 is 28.3 Å². The summed E-state index contributed by atoms with van der Waals surface area (Å²) in [6.45, 7) is 1.08. The number of rotatable bonds is 4. The molecule has 1 N–H and O–H groups in total. The number of carbonyl (C=O) groups is 2. The molecule has 3 heterocycles. The molecule has 2 aliphatic rings. The normalized spacial score (nSPS) is 18.9. The van der Waals surface area contributed by atoms with Gasteiger partial charge in [0, 0.05) is 31.1 Å². The van der Waals surface area contributed by atoms with Crippen molar-refractivity contribution in [2.45, 2.75) is 13.0 Å². The smallest absolute Gasteiger partial charge is 0.231 e. The lowest BCUT2D eigenvalue weighted by atomic mass is 10.1. The lowest BCUT2D eigenvalue weighted by molar-refractivity contribution is -0.128. The number of carbonyl (C=O) groups excluding carboxylic acids is 2. The quantitative estimate of drug-likeness (QED) is 0.915. The van der Waals surface area contributed by atoms with Crippen LogP contribution in [0.1, 0.15) is 12.0 Å². The summed E-state index contributed by atoms with van der Waals surface area (Å²) in [6, 6.07) is 5.62. The number of nitrogens with zero attached hydrogens (tertiary/aromatic N) is 2. The molecule has 0 radical (unpaired) electrons. The molecule has 1 aromatic heterocycles. The van der Waals surface area contributed by atoms with E-state index < -0.39 is 0 Å². The van der Waals surface area contributed by atoms with Gasteiger partial charge in [-0.1, -0.05) is 6.07 Å². The van der Waals surface area contributed by atoms with Crippen molar-refractivity contribution in [3.05, 3.63) is 35.3 Å². The van der Waals surface area contributed by atoms with Crippen LogP contribution < -0.4 is 14.8 Å². The summed E-state index contributed by atoms with van der Waals surface area (Å²) in [5.41, 5.74) is 0.952. The van der Waals surface area contributed by atoms with Crippen LogP contribution in [0, 0.1) is 5.92 Å². The van der Waals surface area contributed by atoms with E-state index in [1.165, 1.54) is 11.3 Å². The maximum Gasteiger partial charge on any atom is 0.231 e. The molecule has 1 unspecified atom stereocenters. The predicted molar refractivity (Wildman–Crippen MR) is 86.8 cm³/mol. The van der Waals surface area contributed by atoms with Crippen molar-refractivity contribution in [2.24, 2.45) is 5.92 Å². The minimum Gasteiger partial charge on any atom is -0.454 e. The number of amides is 2. The number of nitrogens with one attached hydrogen (secondary N) is 1. The molecule has 1 aromatic carbocycles. The number of aromatic nitrogens is 1. The summed E-state index contributed by atoms with van der Waals surface area (Å²) in [7, 11) is 0. The SMILES string of the molecule is O=C(Nc1nccs1)C1CC(=O)N(Cc2ccc3c(c2)OCO3)C1. The Morgan fingerprint density at radius 2 is 2.25 bits per heavy atom. The van der Waals surface area contributed by atoms with Crippen LogP contribution in [0.5, 0.6) is 11.5 Å². The predicted octanol–water partition coefficient (Wildman–Crippen LogP) is 1.86. The third-order valence-corrected chi connectivity index (χ3v) is 4.75. The van der Waals surface area contributed by atoms with Crippen molar-refractivity contribution in [1.29, 1.82) is 0 Å². The zero-order chi connectivity index (χ0) is 16.5. The number of likely N-dealkylation sites (tertiary alicyclic amines) is 1. The van der Waals surface area contributed by atoms with Crippen LogP contribution in [0.3, 0.4) is 0 Å². The number of fused-ring (bicyclic) bond motifs is 1. The fraction of sp³-hybridized carbons (Fsp3) is 0.312. The summed E-state index contributed by atoms with van der Waals surface area (Å²) >= 11 is 1.36. The van der Waals surface area contributed by atoms with E-state index in [4.69, 9.17) is 9.47 Å². The fourth-order valence-corrected chi connectivity index (χ4v) is 3.38. The third kappa shape index (κ3) is 2.92. The van der Waals surface area contributed by atoms with E-state index in [0.29, 0.717) is 29.7 Å². The number of hydrogen-bond acceptors (Lipinski definition) is 6. The van der Waals surface area contributed by atoms with Gasteiger partial charge in [0.05, 0.1) is 5.92 Å². The van der Waals surface area contributed by atoms with E-state index in [1.54, 1.807) is 16.5 Å². The lowest BCUT2D eigenvalue weighted by Crippen LogP contribution is -2.28. The maximum absolute atomic E-state index is 12.2. The molecule has 4 rings (SSSR count). The largest absolute Gasteiger partial charge is 0.454 e. The van der Waals surface area contributed by atoms with Gasteiger partial charge in [-0.3, -0.25) is 9.59 Å². The van der Waals surface area contributed by atoms with E-state index in [-0.39, 0.29) is 30.9 Å². The Kier molecular flexibility index (Phi) is 3.81. The zero-order valence-corrected chi connectivity index (χ0v) is 13.5. The highest BCUT2D eigenvalue weighted by Crippen LogP contribution is 2.33. The second-order valence-corrected chi connectivity index (χ2v) is 6.58. The van der Waals surface area contributed by atoms with Gasteiger partial charge >= 0.3 is 0 Å². The highest BCUT2D eigenvalue weighted by Gasteiger charge is 2.34. The second kappa shape index (κ2) is 6.12. The van der Waals surface area contributed by atoms with Gasteiger partial charge in [-0.25, -0.2) is 4.98 Å². The molecule has 0 aliphatic carbocycles. The average Bonchev–Trinajstić information content (AvgIpc) is 3.29. The van der Waals surface area contributed by atoms with E-state index >= 15 is 0 Å². The lowest BCUT2D eigenvalue weighted by Gasteiger charge is -2.16. The fourth-order valence-electron chi connectivity index (χ4n) is 2.85. The molecule has 1 fully saturated rings. The van der Waals surface area contributed by atoms with Crippen molar-refractivity contribution in [3.63, 3.8) is 0 Å². The van der Waals surface area contributed by atoms with Gasteiger partial charge in [0.1, 0.15) is 0 Å².